The molecule has 0 aromatic rings. The molecule has 0 saturated heterocycles. The van der Waals surface area contributed by atoms with Gasteiger partial charge in [-0.25, -0.2) is 4.79 Å². The van der Waals surface area contributed by atoms with Crippen molar-refractivity contribution in [2.24, 2.45) is 0 Å². The van der Waals surface area contributed by atoms with Gasteiger partial charge in [-0.2, -0.15) is 0 Å². The van der Waals surface area contributed by atoms with Crippen LogP contribution in [0.1, 0.15) is 19.8 Å². The number of carboxylic acid groups (broad SMARTS) is 1. The van der Waals surface area contributed by atoms with Crippen LogP contribution in [0.5, 0.6) is 0 Å². The van der Waals surface area contributed by atoms with Gasteiger partial charge in [0, 0.05) is 18.0 Å². The fourth-order valence-electron chi connectivity index (χ4n) is 0.446. The second kappa shape index (κ2) is 8.11. The van der Waals surface area contributed by atoms with Crippen molar-refractivity contribution in [2.75, 3.05) is 0 Å². The van der Waals surface area contributed by atoms with Gasteiger partial charge >= 0.3 is 35.5 Å². The van der Waals surface area contributed by atoms with E-state index in [2.05, 4.69) is 23.5 Å². The van der Waals surface area contributed by atoms with Crippen molar-refractivity contribution in [3.63, 3.8) is 0 Å². The minimum atomic E-state index is -1.23. The largest absolute Gasteiger partial charge is 1.00 e. The second-order valence-corrected chi connectivity index (χ2v) is 2.87. The van der Waals surface area contributed by atoms with E-state index in [4.69, 9.17) is 0 Å². The van der Waals surface area contributed by atoms with Gasteiger partial charge < -0.3 is 14.6 Å². The van der Waals surface area contributed by atoms with E-state index in [9.17, 15) is 14.7 Å². The van der Waals surface area contributed by atoms with Crippen LogP contribution >= 0.6 is 12.2 Å². The second-order valence-electron chi connectivity index (χ2n) is 2.41. The summed E-state index contributed by atoms with van der Waals surface area (Å²) in [5.74, 6) is -1.86. The van der Waals surface area contributed by atoms with E-state index in [0.29, 0.717) is 0 Å². The number of carbonyl (C=O) groups is 2. The topological polar surface area (TPSA) is 66.4 Å². The third kappa shape index (κ3) is 8.37. The zero-order valence-electron chi connectivity index (χ0n) is 8.16. The van der Waals surface area contributed by atoms with Gasteiger partial charge in [0.25, 0.3) is 0 Å². The molecule has 4 nitrogen and oxygen atoms in total. The van der Waals surface area contributed by atoms with Gasteiger partial charge in [-0.3, -0.25) is 0 Å². The Bertz CT molecular complexity index is 262. The monoisotopic (exact) mass is 224 g/mol. The van der Waals surface area contributed by atoms with Crippen LogP contribution < -0.4 is 34.7 Å². The first-order valence-electron chi connectivity index (χ1n) is 3.54. The van der Waals surface area contributed by atoms with Crippen molar-refractivity contribution >= 4 is 29.2 Å². The maximum Gasteiger partial charge on any atom is 1.00 e. The SMILES string of the molecule is C=C(C)C(=O)OC(=S)CCC(=O)[O-].[Na+]. The molecule has 14 heavy (non-hydrogen) atoms. The molecule has 0 bridgehead atoms. The van der Waals surface area contributed by atoms with Gasteiger partial charge in [0.2, 0.25) is 0 Å². The van der Waals surface area contributed by atoms with Gasteiger partial charge in [0.05, 0.1) is 0 Å². The molecule has 0 aromatic carbocycles. The predicted molar refractivity (Wildman–Crippen MR) is 47.7 cm³/mol. The molecule has 0 saturated carbocycles. The normalized spacial score (nSPS) is 8.36. The number of aliphatic carboxylic acids is 1. The summed E-state index contributed by atoms with van der Waals surface area (Å²) < 4.78 is 4.56. The molecule has 0 aliphatic heterocycles. The Hall–Kier alpha value is -0.230. The molecule has 72 valence electrons. The van der Waals surface area contributed by atoms with Crippen LogP contribution in [0.2, 0.25) is 0 Å². The molecular weight excluding hydrogens is 215 g/mol. The van der Waals surface area contributed by atoms with Crippen molar-refractivity contribution in [3.8, 4) is 0 Å². The van der Waals surface area contributed by atoms with Crippen molar-refractivity contribution < 1.29 is 49.0 Å². The average Bonchev–Trinajstić information content (AvgIpc) is 2.00. The number of rotatable bonds is 4. The van der Waals surface area contributed by atoms with E-state index in [1.54, 1.807) is 0 Å². The Morgan fingerprint density at radius 3 is 2.29 bits per heavy atom. The quantitative estimate of drug-likeness (QED) is 0.220. The third-order valence-electron chi connectivity index (χ3n) is 1.09. The molecule has 0 spiro atoms. The molecular formula is C8H9NaO4S. The number of hydrogen-bond acceptors (Lipinski definition) is 5. The molecule has 0 unspecified atom stereocenters. The molecule has 0 radical (unpaired) electrons. The van der Waals surface area contributed by atoms with Gasteiger partial charge in [0.1, 0.15) is 0 Å². The van der Waals surface area contributed by atoms with Gasteiger partial charge in [-0.15, -0.1) is 0 Å². The summed E-state index contributed by atoms with van der Waals surface area (Å²) in [7, 11) is 0. The van der Waals surface area contributed by atoms with Crippen LogP contribution in [0, 0.1) is 0 Å². The van der Waals surface area contributed by atoms with Crippen molar-refractivity contribution in [1.82, 2.24) is 0 Å². The van der Waals surface area contributed by atoms with Crippen molar-refractivity contribution in [1.29, 1.82) is 0 Å². The molecule has 0 heterocycles. The van der Waals surface area contributed by atoms with Crippen LogP contribution in [0.3, 0.4) is 0 Å². The number of ether oxygens (including phenoxy) is 1. The Balaban J connectivity index is 0. The van der Waals surface area contributed by atoms with Crippen LogP contribution in [-0.4, -0.2) is 17.0 Å². The number of hydrogen-bond donors (Lipinski definition) is 0. The Morgan fingerprint density at radius 1 is 1.43 bits per heavy atom. The minimum absolute atomic E-state index is 0. The Morgan fingerprint density at radius 2 is 1.93 bits per heavy atom. The summed E-state index contributed by atoms with van der Waals surface area (Å²) >= 11 is 4.59. The maximum atomic E-state index is 10.8. The minimum Gasteiger partial charge on any atom is -0.550 e. The fraction of sp³-hybridized carbons (Fsp3) is 0.375. The number of carbonyl (C=O) groups excluding carboxylic acids is 2. The molecule has 0 aliphatic carbocycles. The van der Waals surface area contributed by atoms with Crippen LogP contribution in [-0.2, 0) is 14.3 Å². The van der Waals surface area contributed by atoms with Gasteiger partial charge in [-0.1, -0.05) is 6.58 Å². The average molecular weight is 224 g/mol. The summed E-state index contributed by atoms with van der Waals surface area (Å²) in [6.45, 7) is 4.82. The number of carboxylic acids is 1. The zero-order valence-corrected chi connectivity index (χ0v) is 11.0. The van der Waals surface area contributed by atoms with E-state index in [-0.39, 0.29) is 53.0 Å². The summed E-state index contributed by atoms with van der Waals surface area (Å²) in [6, 6.07) is 0. The van der Waals surface area contributed by atoms with E-state index in [1.165, 1.54) is 6.92 Å². The van der Waals surface area contributed by atoms with Crippen LogP contribution in [0.4, 0.5) is 0 Å². The van der Waals surface area contributed by atoms with Crippen molar-refractivity contribution in [2.45, 2.75) is 19.8 Å². The first-order chi connectivity index (χ1) is 5.93. The summed E-state index contributed by atoms with van der Waals surface area (Å²) in [4.78, 5) is 20.8. The van der Waals surface area contributed by atoms with E-state index in [1.807, 2.05) is 0 Å². The Kier molecular flexibility index (Phi) is 9.39. The predicted octanol–water partition coefficient (Wildman–Crippen LogP) is -3.03. The summed E-state index contributed by atoms with van der Waals surface area (Å²) in [5, 5.41) is 9.94. The molecule has 0 aliphatic rings. The number of thiocarbonyl (C=S) groups is 1. The molecule has 0 rings (SSSR count). The van der Waals surface area contributed by atoms with Crippen molar-refractivity contribution in [3.05, 3.63) is 12.2 Å². The maximum absolute atomic E-state index is 10.8. The van der Waals surface area contributed by atoms with Gasteiger partial charge in [0.15, 0.2) is 5.05 Å². The standard InChI is InChI=1S/C8H10O4S.Na/c1-5(2)8(11)12-7(13)4-3-6(9)10;/h1,3-4H2,2H3,(H,9,10);/q;+1/p-1. The molecule has 0 N–H and O–H groups in total. The molecule has 0 fully saturated rings. The Labute approximate surface area is 110 Å². The molecule has 0 amide bonds. The smallest absolute Gasteiger partial charge is 0.550 e. The van der Waals surface area contributed by atoms with Gasteiger partial charge in [-0.05, 0) is 25.6 Å². The fourth-order valence-corrected chi connectivity index (χ4v) is 0.623. The first kappa shape index (κ1) is 16.2. The first-order valence-corrected chi connectivity index (χ1v) is 3.94. The molecule has 0 atom stereocenters. The van der Waals surface area contributed by atoms with E-state index in [0.717, 1.165) is 0 Å². The van der Waals surface area contributed by atoms with Crippen LogP contribution in [0.25, 0.3) is 0 Å². The summed E-state index contributed by atoms with van der Waals surface area (Å²) in [6.07, 6.45) is -0.251. The summed E-state index contributed by atoms with van der Waals surface area (Å²) in [5.41, 5.74) is 0.218. The number of esters is 1. The zero-order chi connectivity index (χ0) is 10.4. The van der Waals surface area contributed by atoms with Crippen LogP contribution in [0.15, 0.2) is 12.2 Å². The molecule has 0 aromatic heterocycles. The van der Waals surface area contributed by atoms with E-state index >= 15 is 0 Å². The third-order valence-corrected chi connectivity index (χ3v) is 1.38. The van der Waals surface area contributed by atoms with E-state index < -0.39 is 11.9 Å². The molecule has 6 heteroatoms.